The molecule has 0 radical (unpaired) electrons. The second-order valence-corrected chi connectivity index (χ2v) is 8.18. The second-order valence-electron chi connectivity index (χ2n) is 8.18. The Hall–Kier alpha value is -4.40. The van der Waals surface area contributed by atoms with Crippen molar-refractivity contribution in [1.29, 1.82) is 0 Å². The number of furan rings is 1. The third-order valence-electron chi connectivity index (χ3n) is 5.58. The molecule has 2 heterocycles. The van der Waals surface area contributed by atoms with Crippen molar-refractivity contribution in [3.05, 3.63) is 84.3 Å². The van der Waals surface area contributed by atoms with E-state index in [-0.39, 0.29) is 24.5 Å². The SMILES string of the molecule is CC1CC(=O)Nc2ccccc2N1C(=O)COC(=O)[C@H](Cc1ccccc1)NC(=O)c1ccco1. The van der Waals surface area contributed by atoms with Crippen LogP contribution in [-0.4, -0.2) is 42.4 Å². The van der Waals surface area contributed by atoms with Gasteiger partial charge in [0.1, 0.15) is 6.04 Å². The summed E-state index contributed by atoms with van der Waals surface area (Å²) in [6.45, 7) is 1.21. The van der Waals surface area contributed by atoms with E-state index in [2.05, 4.69) is 10.6 Å². The van der Waals surface area contributed by atoms with E-state index < -0.39 is 36.5 Å². The Morgan fingerprint density at radius 3 is 2.57 bits per heavy atom. The fraction of sp³-hybridized carbons (Fsp3) is 0.231. The van der Waals surface area contributed by atoms with E-state index in [0.29, 0.717) is 11.4 Å². The number of carbonyl (C=O) groups is 4. The minimum absolute atomic E-state index is 0.0547. The summed E-state index contributed by atoms with van der Waals surface area (Å²) in [4.78, 5) is 52.3. The van der Waals surface area contributed by atoms with Gasteiger partial charge in [0.05, 0.1) is 17.6 Å². The van der Waals surface area contributed by atoms with Gasteiger partial charge >= 0.3 is 5.97 Å². The lowest BCUT2D eigenvalue weighted by molar-refractivity contribution is -0.149. The lowest BCUT2D eigenvalue weighted by Crippen LogP contribution is -2.46. The molecule has 1 aromatic heterocycles. The van der Waals surface area contributed by atoms with E-state index in [1.807, 2.05) is 30.3 Å². The standard InChI is InChI=1S/C26H25N3O6/c1-17-14-23(30)27-19-10-5-6-11-21(19)29(17)24(31)16-35-26(33)20(15-18-8-3-2-4-9-18)28-25(32)22-12-7-13-34-22/h2-13,17,20H,14-16H2,1H3,(H,27,30)(H,28,32)/t17?,20-/m0/s1. The number of hydrogen-bond acceptors (Lipinski definition) is 6. The summed E-state index contributed by atoms with van der Waals surface area (Å²) in [5, 5.41) is 5.41. The van der Waals surface area contributed by atoms with E-state index in [1.54, 1.807) is 37.3 Å². The van der Waals surface area contributed by atoms with Gasteiger partial charge in [0.2, 0.25) is 5.91 Å². The highest BCUT2D eigenvalue weighted by molar-refractivity contribution is 6.05. The minimum atomic E-state index is -1.04. The van der Waals surface area contributed by atoms with Gasteiger partial charge in [-0.1, -0.05) is 42.5 Å². The van der Waals surface area contributed by atoms with Crippen molar-refractivity contribution >= 4 is 35.1 Å². The van der Waals surface area contributed by atoms with Crippen LogP contribution in [0.4, 0.5) is 11.4 Å². The molecule has 4 rings (SSSR count). The molecule has 3 aromatic rings. The summed E-state index contributed by atoms with van der Waals surface area (Å²) < 4.78 is 10.5. The third kappa shape index (κ3) is 5.75. The number of amides is 3. The monoisotopic (exact) mass is 475 g/mol. The van der Waals surface area contributed by atoms with Crippen molar-refractivity contribution in [2.75, 3.05) is 16.8 Å². The lowest BCUT2D eigenvalue weighted by atomic mass is 10.1. The molecule has 9 heteroatoms. The van der Waals surface area contributed by atoms with E-state index >= 15 is 0 Å². The molecule has 2 atom stereocenters. The molecule has 0 fully saturated rings. The molecule has 2 N–H and O–H groups in total. The van der Waals surface area contributed by atoms with Gasteiger partial charge in [-0.05, 0) is 36.8 Å². The first kappa shape index (κ1) is 23.7. The molecule has 0 aliphatic carbocycles. The largest absolute Gasteiger partial charge is 0.459 e. The van der Waals surface area contributed by atoms with Crippen molar-refractivity contribution in [3.8, 4) is 0 Å². The predicted octanol–water partition coefficient (Wildman–Crippen LogP) is 2.93. The van der Waals surface area contributed by atoms with Gasteiger partial charge in [-0.15, -0.1) is 0 Å². The zero-order chi connectivity index (χ0) is 24.8. The Labute approximate surface area is 202 Å². The maximum Gasteiger partial charge on any atom is 0.329 e. The Bertz CT molecular complexity index is 1210. The van der Waals surface area contributed by atoms with Gasteiger partial charge in [0.25, 0.3) is 11.8 Å². The van der Waals surface area contributed by atoms with Crippen LogP contribution in [0.3, 0.4) is 0 Å². The normalized spacial score (nSPS) is 15.9. The molecule has 1 aliphatic rings. The number of carbonyl (C=O) groups excluding carboxylic acids is 4. The van der Waals surface area contributed by atoms with E-state index in [0.717, 1.165) is 5.56 Å². The van der Waals surface area contributed by atoms with Gasteiger partial charge in [-0.25, -0.2) is 4.79 Å². The number of esters is 1. The molecule has 1 unspecified atom stereocenters. The number of anilines is 2. The summed E-state index contributed by atoms with van der Waals surface area (Å²) in [6.07, 6.45) is 1.63. The zero-order valence-corrected chi connectivity index (χ0v) is 19.1. The van der Waals surface area contributed by atoms with Gasteiger partial charge in [0, 0.05) is 18.9 Å². The van der Waals surface area contributed by atoms with Crippen molar-refractivity contribution in [1.82, 2.24) is 5.32 Å². The molecule has 0 saturated heterocycles. The van der Waals surface area contributed by atoms with E-state index in [9.17, 15) is 19.2 Å². The average molecular weight is 476 g/mol. The van der Waals surface area contributed by atoms with Crippen LogP contribution >= 0.6 is 0 Å². The fourth-order valence-electron chi connectivity index (χ4n) is 3.95. The van der Waals surface area contributed by atoms with Crippen molar-refractivity contribution in [3.63, 3.8) is 0 Å². The fourth-order valence-corrected chi connectivity index (χ4v) is 3.95. The highest BCUT2D eigenvalue weighted by Gasteiger charge is 2.31. The molecule has 0 spiro atoms. The number of fused-ring (bicyclic) bond motifs is 1. The van der Waals surface area contributed by atoms with Crippen LogP contribution in [0, 0.1) is 0 Å². The molecular weight excluding hydrogens is 450 g/mol. The predicted molar refractivity (Wildman–Crippen MR) is 128 cm³/mol. The highest BCUT2D eigenvalue weighted by Crippen LogP contribution is 2.31. The highest BCUT2D eigenvalue weighted by atomic mass is 16.5. The summed E-state index contributed by atoms with van der Waals surface area (Å²) in [5.74, 6) is -1.96. The molecule has 3 amide bonds. The Balaban J connectivity index is 1.48. The first-order chi connectivity index (χ1) is 16.9. The molecule has 0 bridgehead atoms. The number of rotatable bonds is 7. The summed E-state index contributed by atoms with van der Waals surface area (Å²) in [7, 11) is 0. The minimum Gasteiger partial charge on any atom is -0.459 e. The Kier molecular flexibility index (Phi) is 7.25. The van der Waals surface area contributed by atoms with Crippen LogP contribution in [0.15, 0.2) is 77.4 Å². The molecule has 0 saturated carbocycles. The van der Waals surface area contributed by atoms with Gasteiger partial charge < -0.3 is 24.7 Å². The third-order valence-corrected chi connectivity index (χ3v) is 5.58. The van der Waals surface area contributed by atoms with Crippen LogP contribution in [0.5, 0.6) is 0 Å². The van der Waals surface area contributed by atoms with E-state index in [1.165, 1.54) is 17.2 Å². The first-order valence-corrected chi connectivity index (χ1v) is 11.2. The average Bonchev–Trinajstić information content (AvgIpc) is 3.35. The molecule has 180 valence electrons. The summed E-state index contributed by atoms with van der Waals surface area (Å²) in [5.41, 5.74) is 1.84. The Morgan fingerprint density at radius 2 is 1.83 bits per heavy atom. The molecule has 2 aromatic carbocycles. The van der Waals surface area contributed by atoms with Crippen LogP contribution in [0.2, 0.25) is 0 Å². The van der Waals surface area contributed by atoms with Crippen LogP contribution in [0.1, 0.15) is 29.5 Å². The molecular formula is C26H25N3O6. The number of para-hydroxylation sites is 2. The van der Waals surface area contributed by atoms with E-state index in [4.69, 9.17) is 9.15 Å². The van der Waals surface area contributed by atoms with Crippen molar-refractivity contribution < 1.29 is 28.3 Å². The van der Waals surface area contributed by atoms with Crippen LogP contribution in [-0.2, 0) is 25.5 Å². The van der Waals surface area contributed by atoms with Crippen LogP contribution < -0.4 is 15.5 Å². The first-order valence-electron chi connectivity index (χ1n) is 11.2. The Morgan fingerprint density at radius 1 is 1.09 bits per heavy atom. The number of hydrogen-bond donors (Lipinski definition) is 2. The van der Waals surface area contributed by atoms with Crippen LogP contribution in [0.25, 0.3) is 0 Å². The molecule has 9 nitrogen and oxygen atoms in total. The topological polar surface area (TPSA) is 118 Å². The number of ether oxygens (including phenoxy) is 1. The number of benzene rings is 2. The maximum atomic E-state index is 13.1. The quantitative estimate of drug-likeness (QED) is 0.508. The smallest absolute Gasteiger partial charge is 0.329 e. The van der Waals surface area contributed by atoms with Gasteiger partial charge in [-0.3, -0.25) is 14.4 Å². The second kappa shape index (κ2) is 10.7. The summed E-state index contributed by atoms with van der Waals surface area (Å²) >= 11 is 0. The lowest BCUT2D eigenvalue weighted by Gasteiger charge is -2.28. The molecule has 35 heavy (non-hydrogen) atoms. The maximum absolute atomic E-state index is 13.1. The van der Waals surface area contributed by atoms with Gasteiger partial charge in [0.15, 0.2) is 12.4 Å². The van der Waals surface area contributed by atoms with Gasteiger partial charge in [-0.2, -0.15) is 0 Å². The summed E-state index contributed by atoms with van der Waals surface area (Å²) in [6, 6.07) is 17.6. The van der Waals surface area contributed by atoms with Crippen molar-refractivity contribution in [2.45, 2.75) is 31.8 Å². The zero-order valence-electron chi connectivity index (χ0n) is 19.1. The number of nitrogens with zero attached hydrogens (tertiary/aromatic N) is 1. The number of nitrogens with one attached hydrogen (secondary N) is 2. The van der Waals surface area contributed by atoms with Crippen molar-refractivity contribution in [2.24, 2.45) is 0 Å². The molecule has 1 aliphatic heterocycles.